The van der Waals surface area contributed by atoms with E-state index >= 15 is 0 Å². The summed E-state index contributed by atoms with van der Waals surface area (Å²) in [5.74, 6) is 0. The number of rotatable bonds is 2. The molecule has 0 bridgehead atoms. The molecule has 0 aromatic heterocycles. The van der Waals surface area contributed by atoms with Crippen LogP contribution in [0, 0.1) is 0 Å². The van der Waals surface area contributed by atoms with Crippen LogP contribution in [0.1, 0.15) is 2.74 Å². The molecule has 0 aliphatic heterocycles. The molecule has 0 heterocycles. The molecule has 7 heavy (non-hydrogen) atoms. The summed E-state index contributed by atoms with van der Waals surface area (Å²) in [6, 6.07) is 0. The van der Waals surface area contributed by atoms with Gasteiger partial charge in [-0.3, -0.25) is 0 Å². The fourth-order valence-electron chi connectivity index (χ4n) is 0.194. The van der Waals surface area contributed by atoms with Crippen LogP contribution in [0.5, 0.6) is 0 Å². The summed E-state index contributed by atoms with van der Waals surface area (Å²) < 4.78 is 14.4. The zero-order chi connectivity index (χ0) is 7.71. The lowest BCUT2D eigenvalue weighted by molar-refractivity contribution is -0.875. The monoisotopic (exact) mass is 106 g/mol. The van der Waals surface area contributed by atoms with Crippen molar-refractivity contribution in [2.75, 3.05) is 34.2 Å². The lowest BCUT2D eigenvalue weighted by atomic mass is 10.7. The van der Waals surface area contributed by atoms with Crippen LogP contribution >= 0.6 is 0 Å². The first-order valence-electron chi connectivity index (χ1n) is 3.21. The van der Waals surface area contributed by atoms with Crippen LogP contribution < -0.4 is 5.11 Å². The van der Waals surface area contributed by atoms with Gasteiger partial charge in [-0.05, 0) is 0 Å². The number of hydrogen-bond donors (Lipinski definition) is 0. The Labute approximate surface area is 47.8 Å². The third kappa shape index (κ3) is 5.92. The lowest BCUT2D eigenvalue weighted by Gasteiger charge is -2.25. The van der Waals surface area contributed by atoms with Gasteiger partial charge >= 0.3 is 0 Å². The summed E-state index contributed by atoms with van der Waals surface area (Å²) in [6.45, 7) is -2.32. The van der Waals surface area contributed by atoms with Crippen molar-refractivity contribution in [3.05, 3.63) is 0 Å². The van der Waals surface area contributed by atoms with Gasteiger partial charge in [0.25, 0.3) is 0 Å². The molecule has 0 fully saturated rings. The molecule has 0 rings (SSSR count). The van der Waals surface area contributed by atoms with Crippen molar-refractivity contribution in [2.45, 2.75) is 0 Å². The smallest absolute Gasteiger partial charge is 0.0909 e. The van der Waals surface area contributed by atoms with Gasteiger partial charge in [-0.1, -0.05) is 6.61 Å². The van der Waals surface area contributed by atoms with E-state index in [9.17, 15) is 5.11 Å². The maximum atomic E-state index is 10.2. The van der Waals surface area contributed by atoms with E-state index < -0.39 is 13.1 Å². The number of nitrogens with zero attached hydrogens (tertiary/aromatic N) is 1. The second-order valence-electron chi connectivity index (χ2n) is 2.31. The molecule has 0 aromatic rings. The summed E-state index contributed by atoms with van der Waals surface area (Å²) in [5.41, 5.74) is 0. The molecule has 0 radical (unpaired) electrons. The van der Waals surface area contributed by atoms with Crippen molar-refractivity contribution < 1.29 is 12.3 Å². The van der Waals surface area contributed by atoms with Gasteiger partial charge in [0.1, 0.15) is 0 Å². The van der Waals surface area contributed by atoms with Crippen molar-refractivity contribution >= 4 is 0 Å². The molecule has 0 spiro atoms. The van der Waals surface area contributed by atoms with Gasteiger partial charge in [0.15, 0.2) is 0 Å². The Hall–Kier alpha value is -0.0800. The molecule has 0 aliphatic rings. The predicted octanol–water partition coefficient (Wildman–Crippen LogP) is -0.947. The first kappa shape index (κ1) is 3.87. The lowest BCUT2D eigenvalue weighted by Crippen LogP contribution is -2.39. The van der Waals surface area contributed by atoms with Gasteiger partial charge in [-0.15, -0.1) is 0 Å². The Kier molecular flexibility index (Phi) is 1.26. The largest absolute Gasteiger partial charge is 0.850 e. The predicted molar refractivity (Wildman–Crippen MR) is 27.8 cm³/mol. The number of quaternary nitrogens is 1. The van der Waals surface area contributed by atoms with E-state index in [1.807, 2.05) is 0 Å². The van der Waals surface area contributed by atoms with Crippen LogP contribution in [-0.2, 0) is 0 Å². The Bertz CT molecular complexity index is 97.6. The average Bonchev–Trinajstić information content (AvgIpc) is 1.64. The molecule has 0 saturated heterocycles. The van der Waals surface area contributed by atoms with Gasteiger partial charge < -0.3 is 9.59 Å². The molecule has 0 N–H and O–H groups in total. The highest BCUT2D eigenvalue weighted by Gasteiger charge is 1.99. The SMILES string of the molecule is [2H]C([2H])([13CH2][O-])[N+](C)(C)C. The quantitative estimate of drug-likeness (QED) is 0.329. The van der Waals surface area contributed by atoms with E-state index in [1.54, 1.807) is 21.1 Å². The minimum absolute atomic E-state index is 0.0660. The molecule has 44 valence electrons. The third-order valence-corrected chi connectivity index (χ3v) is 0.539. The molecule has 0 unspecified atom stereocenters. The minimum atomic E-state index is -1.64. The zero-order valence-corrected chi connectivity index (χ0v) is 5.06. The Morgan fingerprint density at radius 2 is 2.00 bits per heavy atom. The maximum Gasteiger partial charge on any atom is 0.0909 e. The molecular weight excluding hydrogens is 91.1 g/mol. The third-order valence-electron chi connectivity index (χ3n) is 0.539. The number of likely N-dealkylation sites (N-methyl/N-ethyl adjacent to an activating group) is 1. The molecule has 0 amide bonds. The van der Waals surface area contributed by atoms with Crippen LogP contribution in [-0.4, -0.2) is 38.7 Å². The van der Waals surface area contributed by atoms with Crippen LogP contribution in [0.15, 0.2) is 0 Å². The molecule has 2 nitrogen and oxygen atoms in total. The second kappa shape index (κ2) is 2.28. The van der Waals surface area contributed by atoms with Crippen molar-refractivity contribution in [1.82, 2.24) is 0 Å². The molecule has 2 heteroatoms. The van der Waals surface area contributed by atoms with E-state index in [2.05, 4.69) is 0 Å². The van der Waals surface area contributed by atoms with Gasteiger partial charge in [0, 0.05) is 0 Å². The Morgan fingerprint density at radius 1 is 1.57 bits per heavy atom. The fraction of sp³-hybridized carbons (Fsp3) is 1.00. The van der Waals surface area contributed by atoms with Crippen molar-refractivity contribution in [1.29, 1.82) is 0 Å². The van der Waals surface area contributed by atoms with E-state index in [4.69, 9.17) is 2.74 Å². The Balaban J connectivity index is 4.14. The molecular formula is C5H13NO. The Morgan fingerprint density at radius 3 is 2.00 bits per heavy atom. The molecule has 0 saturated carbocycles. The normalized spacial score (nSPS) is 18.3. The number of hydrogen-bond acceptors (Lipinski definition) is 1. The summed E-state index contributed by atoms with van der Waals surface area (Å²) in [5, 5.41) is 10.2. The maximum absolute atomic E-state index is 10.2. The van der Waals surface area contributed by atoms with Crippen LogP contribution in [0.4, 0.5) is 0 Å². The van der Waals surface area contributed by atoms with Crippen molar-refractivity contribution in [2.24, 2.45) is 0 Å². The van der Waals surface area contributed by atoms with Crippen LogP contribution in [0.3, 0.4) is 0 Å². The summed E-state index contributed by atoms with van der Waals surface area (Å²) >= 11 is 0. The summed E-state index contributed by atoms with van der Waals surface area (Å²) in [6.07, 6.45) is 0. The first-order chi connectivity index (χ1) is 3.81. The van der Waals surface area contributed by atoms with Crippen molar-refractivity contribution in [3.8, 4) is 0 Å². The zero-order valence-electron chi connectivity index (χ0n) is 7.06. The van der Waals surface area contributed by atoms with Gasteiger partial charge in [-0.25, -0.2) is 0 Å². The van der Waals surface area contributed by atoms with Gasteiger partial charge in [0.2, 0.25) is 0 Å². The second-order valence-corrected chi connectivity index (χ2v) is 2.31. The summed E-state index contributed by atoms with van der Waals surface area (Å²) in [7, 11) is 4.99. The van der Waals surface area contributed by atoms with E-state index in [1.165, 1.54) is 0 Å². The van der Waals surface area contributed by atoms with Gasteiger partial charge in [-0.2, -0.15) is 0 Å². The van der Waals surface area contributed by atoms with Crippen LogP contribution in [0.25, 0.3) is 0 Å². The molecule has 0 aliphatic carbocycles. The minimum Gasteiger partial charge on any atom is -0.850 e. The van der Waals surface area contributed by atoms with Gasteiger partial charge in [0.05, 0.1) is 30.4 Å². The highest BCUT2D eigenvalue weighted by Crippen LogP contribution is 1.83. The standard InChI is InChI=1S/C5H13NO/c1-6(2,3)4-5-7/h4-5H2,1-3H3/i4D2,5+1. The van der Waals surface area contributed by atoms with E-state index in [-0.39, 0.29) is 4.48 Å². The first-order valence-corrected chi connectivity index (χ1v) is 2.21. The molecule has 0 atom stereocenters. The highest BCUT2D eigenvalue weighted by atomic mass is 16.3. The highest BCUT2D eigenvalue weighted by molar-refractivity contribution is 4.17. The van der Waals surface area contributed by atoms with E-state index in [0.717, 1.165) is 0 Å². The average molecular weight is 106 g/mol. The summed E-state index contributed by atoms with van der Waals surface area (Å²) in [4.78, 5) is 0. The van der Waals surface area contributed by atoms with Crippen LogP contribution in [0.2, 0.25) is 0 Å². The fourth-order valence-corrected chi connectivity index (χ4v) is 0.194. The van der Waals surface area contributed by atoms with Crippen molar-refractivity contribution in [3.63, 3.8) is 0 Å². The van der Waals surface area contributed by atoms with E-state index in [0.29, 0.717) is 0 Å². The topological polar surface area (TPSA) is 23.1 Å². The molecule has 0 aromatic carbocycles.